The molecule has 7 heteroatoms. The molecule has 0 bridgehead atoms. The number of carbonyl (C=O) groups is 2. The van der Waals surface area contributed by atoms with Crippen LogP contribution < -0.4 is 10.6 Å². The Bertz CT molecular complexity index is 990. The van der Waals surface area contributed by atoms with Gasteiger partial charge in [0.05, 0.1) is 0 Å². The van der Waals surface area contributed by atoms with Crippen LogP contribution >= 0.6 is 0 Å². The fraction of sp³-hybridized carbons (Fsp3) is 0.136. The van der Waals surface area contributed by atoms with Gasteiger partial charge in [-0.15, -0.1) is 0 Å². The molecule has 0 spiro atoms. The smallest absolute Gasteiger partial charge is 0.269 e. The number of rotatable bonds is 7. The molecule has 3 rings (SSSR count). The van der Waals surface area contributed by atoms with Gasteiger partial charge in [-0.3, -0.25) is 14.6 Å². The second kappa shape index (κ2) is 9.54. The average Bonchev–Trinajstić information content (AvgIpc) is 2.74. The number of aryl methyl sites for hydroxylation is 1. The lowest BCUT2D eigenvalue weighted by Gasteiger charge is -2.09. The van der Waals surface area contributed by atoms with E-state index in [0.29, 0.717) is 6.54 Å². The van der Waals surface area contributed by atoms with E-state index >= 15 is 0 Å². The molecule has 148 valence electrons. The monoisotopic (exact) mass is 395 g/mol. The van der Waals surface area contributed by atoms with Gasteiger partial charge in [-0.2, -0.15) is 0 Å². The van der Waals surface area contributed by atoms with Gasteiger partial charge < -0.3 is 10.6 Å². The minimum absolute atomic E-state index is 0.0476. The first-order chi connectivity index (χ1) is 14.0. The summed E-state index contributed by atoms with van der Waals surface area (Å²) in [7, 11) is 0. The third-order valence-corrected chi connectivity index (χ3v) is 4.23. The Labute approximate surface area is 166 Å². The van der Waals surface area contributed by atoms with Crippen LogP contribution in [0.2, 0.25) is 0 Å². The van der Waals surface area contributed by atoms with E-state index in [4.69, 9.17) is 0 Å². The molecule has 29 heavy (non-hydrogen) atoms. The van der Waals surface area contributed by atoms with E-state index in [1.807, 2.05) is 30.3 Å². The molecule has 0 aliphatic rings. The summed E-state index contributed by atoms with van der Waals surface area (Å²) in [5, 5.41) is 4.93. The third kappa shape index (κ3) is 5.44. The highest BCUT2D eigenvalue weighted by Crippen LogP contribution is 2.19. The first-order valence-corrected chi connectivity index (χ1v) is 9.08. The highest BCUT2D eigenvalue weighted by atomic mass is 19.1. The maximum atomic E-state index is 13.7. The van der Waals surface area contributed by atoms with Crippen molar-refractivity contribution >= 4 is 17.5 Å². The van der Waals surface area contributed by atoms with Gasteiger partial charge in [-0.25, -0.2) is 8.78 Å². The standard InChI is InChI=1S/C22H19F2N3O2/c23-17-9-4-10-18(24)20(17)27-21(28)16-11-13-25-19(14-16)22(29)26-12-5-8-15-6-2-1-3-7-15/h1-4,6-7,9-11,13-14H,5,8,12H2,(H,26,29)(H,27,28). The summed E-state index contributed by atoms with van der Waals surface area (Å²) in [6, 6.07) is 15.8. The molecule has 0 aliphatic carbocycles. The van der Waals surface area contributed by atoms with E-state index in [9.17, 15) is 18.4 Å². The number of amides is 2. The molecule has 2 amide bonds. The van der Waals surface area contributed by atoms with E-state index in [2.05, 4.69) is 15.6 Å². The second-order valence-electron chi connectivity index (χ2n) is 6.33. The van der Waals surface area contributed by atoms with Crippen LogP contribution in [0.4, 0.5) is 14.5 Å². The molecule has 0 fully saturated rings. The number of aromatic nitrogens is 1. The molecule has 1 aromatic heterocycles. The minimum Gasteiger partial charge on any atom is -0.351 e. The van der Waals surface area contributed by atoms with Crippen molar-refractivity contribution in [2.45, 2.75) is 12.8 Å². The van der Waals surface area contributed by atoms with E-state index in [0.717, 1.165) is 25.0 Å². The summed E-state index contributed by atoms with van der Waals surface area (Å²) in [6.07, 6.45) is 2.87. The van der Waals surface area contributed by atoms with Crippen LogP contribution in [-0.2, 0) is 6.42 Å². The molecule has 0 saturated heterocycles. The zero-order valence-electron chi connectivity index (χ0n) is 15.5. The van der Waals surface area contributed by atoms with Crippen molar-refractivity contribution in [3.05, 3.63) is 95.3 Å². The lowest BCUT2D eigenvalue weighted by molar-refractivity contribution is 0.0948. The van der Waals surface area contributed by atoms with Gasteiger partial charge in [-0.1, -0.05) is 36.4 Å². The molecule has 0 aliphatic heterocycles. The number of halogens is 2. The zero-order chi connectivity index (χ0) is 20.6. The third-order valence-electron chi connectivity index (χ3n) is 4.23. The summed E-state index contributed by atoms with van der Waals surface area (Å²) >= 11 is 0. The Kier molecular flexibility index (Phi) is 6.63. The van der Waals surface area contributed by atoms with E-state index < -0.39 is 29.1 Å². The molecule has 1 heterocycles. The molecule has 2 N–H and O–H groups in total. The normalized spacial score (nSPS) is 10.4. The van der Waals surface area contributed by atoms with E-state index in [1.54, 1.807) is 0 Å². The molecule has 2 aromatic carbocycles. The van der Waals surface area contributed by atoms with E-state index in [1.165, 1.54) is 30.0 Å². The number of carbonyl (C=O) groups excluding carboxylic acids is 2. The predicted octanol–water partition coefficient (Wildman–Crippen LogP) is 3.97. The van der Waals surface area contributed by atoms with Crippen LogP contribution in [-0.4, -0.2) is 23.3 Å². The molecule has 5 nitrogen and oxygen atoms in total. The highest BCUT2D eigenvalue weighted by Gasteiger charge is 2.15. The van der Waals surface area contributed by atoms with Crippen molar-refractivity contribution < 1.29 is 18.4 Å². The lowest BCUT2D eigenvalue weighted by atomic mass is 10.1. The molecule has 3 aromatic rings. The zero-order valence-corrected chi connectivity index (χ0v) is 15.5. The Morgan fingerprint density at radius 1 is 0.897 bits per heavy atom. The number of hydrogen-bond acceptors (Lipinski definition) is 3. The summed E-state index contributed by atoms with van der Waals surface area (Å²) in [5.74, 6) is -2.94. The van der Waals surface area contributed by atoms with Crippen LogP contribution in [0.3, 0.4) is 0 Å². The van der Waals surface area contributed by atoms with Crippen LogP contribution in [0, 0.1) is 11.6 Å². The van der Waals surface area contributed by atoms with Crippen molar-refractivity contribution in [2.24, 2.45) is 0 Å². The van der Waals surface area contributed by atoms with Crippen LogP contribution in [0.25, 0.3) is 0 Å². The quantitative estimate of drug-likeness (QED) is 0.595. The van der Waals surface area contributed by atoms with Crippen LogP contribution in [0.5, 0.6) is 0 Å². The predicted molar refractivity (Wildman–Crippen MR) is 106 cm³/mol. The molecule has 0 unspecified atom stereocenters. The number of anilines is 1. The average molecular weight is 395 g/mol. The van der Waals surface area contributed by atoms with E-state index in [-0.39, 0.29) is 11.3 Å². The Hall–Kier alpha value is -3.61. The van der Waals surface area contributed by atoms with Crippen molar-refractivity contribution in [2.75, 3.05) is 11.9 Å². The van der Waals surface area contributed by atoms with Crippen LogP contribution in [0.15, 0.2) is 66.9 Å². The van der Waals surface area contributed by atoms with Crippen molar-refractivity contribution in [1.29, 1.82) is 0 Å². The number of benzene rings is 2. The minimum atomic E-state index is -0.885. The highest BCUT2D eigenvalue weighted by molar-refractivity contribution is 6.05. The van der Waals surface area contributed by atoms with Crippen molar-refractivity contribution in [3.8, 4) is 0 Å². The number of nitrogens with one attached hydrogen (secondary N) is 2. The lowest BCUT2D eigenvalue weighted by Crippen LogP contribution is -2.26. The van der Waals surface area contributed by atoms with Gasteiger partial charge in [0.1, 0.15) is 23.0 Å². The van der Waals surface area contributed by atoms with Gasteiger partial charge in [0.15, 0.2) is 0 Å². The molecule has 0 atom stereocenters. The molecular formula is C22H19F2N3O2. The summed E-state index contributed by atoms with van der Waals surface area (Å²) < 4.78 is 27.4. The number of pyridine rings is 1. The van der Waals surface area contributed by atoms with Crippen LogP contribution in [0.1, 0.15) is 32.8 Å². The number of para-hydroxylation sites is 1. The Balaban J connectivity index is 1.58. The maximum Gasteiger partial charge on any atom is 0.269 e. The number of hydrogen-bond donors (Lipinski definition) is 2. The largest absolute Gasteiger partial charge is 0.351 e. The molecule has 0 radical (unpaired) electrons. The second-order valence-corrected chi connectivity index (χ2v) is 6.33. The molecular weight excluding hydrogens is 376 g/mol. The number of nitrogens with zero attached hydrogens (tertiary/aromatic N) is 1. The van der Waals surface area contributed by atoms with Gasteiger partial charge >= 0.3 is 0 Å². The summed E-state index contributed by atoms with van der Waals surface area (Å²) in [6.45, 7) is 0.451. The SMILES string of the molecule is O=C(Nc1c(F)cccc1F)c1ccnc(C(=O)NCCCc2ccccc2)c1. The fourth-order valence-electron chi connectivity index (χ4n) is 2.73. The van der Waals surface area contributed by atoms with Gasteiger partial charge in [-0.05, 0) is 42.7 Å². The summed E-state index contributed by atoms with van der Waals surface area (Å²) in [4.78, 5) is 28.5. The summed E-state index contributed by atoms with van der Waals surface area (Å²) in [5.41, 5.74) is 0.753. The van der Waals surface area contributed by atoms with Gasteiger partial charge in [0.2, 0.25) is 0 Å². The maximum absolute atomic E-state index is 13.7. The Morgan fingerprint density at radius 3 is 2.34 bits per heavy atom. The van der Waals surface area contributed by atoms with Crippen molar-refractivity contribution in [1.82, 2.24) is 10.3 Å². The van der Waals surface area contributed by atoms with Gasteiger partial charge in [0, 0.05) is 18.3 Å². The topological polar surface area (TPSA) is 71.1 Å². The first kappa shape index (κ1) is 20.1. The molecule has 0 saturated carbocycles. The van der Waals surface area contributed by atoms with Crippen molar-refractivity contribution in [3.63, 3.8) is 0 Å². The fourth-order valence-corrected chi connectivity index (χ4v) is 2.73. The Morgan fingerprint density at radius 2 is 1.62 bits per heavy atom. The first-order valence-electron chi connectivity index (χ1n) is 9.08. The van der Waals surface area contributed by atoms with Gasteiger partial charge in [0.25, 0.3) is 11.8 Å².